The molecule has 1 N–H and O–H groups in total. The number of carbonyl (C=O) groups excluding carboxylic acids is 3. The van der Waals surface area contributed by atoms with Crippen LogP contribution in [0.5, 0.6) is 11.5 Å². The van der Waals surface area contributed by atoms with Gasteiger partial charge in [0.15, 0.2) is 11.5 Å². The number of hydrogen-bond donors (Lipinski definition) is 1. The average molecular weight is 518 g/mol. The van der Waals surface area contributed by atoms with Crippen molar-refractivity contribution in [3.8, 4) is 11.5 Å². The van der Waals surface area contributed by atoms with Gasteiger partial charge in [0, 0.05) is 25.5 Å². The molecule has 1 atom stereocenters. The fourth-order valence-electron chi connectivity index (χ4n) is 4.50. The van der Waals surface area contributed by atoms with E-state index in [1.54, 1.807) is 54.5 Å². The predicted molar refractivity (Wildman–Crippen MR) is 140 cm³/mol. The first-order valence-corrected chi connectivity index (χ1v) is 12.5. The molecule has 4 rings (SSSR count). The van der Waals surface area contributed by atoms with E-state index in [2.05, 4.69) is 10.3 Å². The molecule has 2 aromatic carbocycles. The number of esters is 1. The van der Waals surface area contributed by atoms with Crippen LogP contribution < -0.4 is 14.8 Å². The normalized spacial score (nSPS) is 13.0. The van der Waals surface area contributed by atoms with Crippen molar-refractivity contribution in [2.24, 2.45) is 0 Å². The third-order valence-electron chi connectivity index (χ3n) is 6.23. The number of benzene rings is 2. The molecule has 0 bridgehead atoms. The Kier molecular flexibility index (Phi) is 8.58. The van der Waals surface area contributed by atoms with Gasteiger partial charge in [-0.2, -0.15) is 0 Å². The Hall–Kier alpha value is -4.40. The molecule has 2 amide bonds. The molecule has 0 fully saturated rings. The largest absolute Gasteiger partial charge is 0.493 e. The molecular formula is C29H31N3O6. The van der Waals surface area contributed by atoms with E-state index in [0.29, 0.717) is 42.3 Å². The second kappa shape index (κ2) is 12.2. The molecule has 0 radical (unpaired) electrons. The Bertz CT molecular complexity index is 1310. The van der Waals surface area contributed by atoms with Crippen molar-refractivity contribution >= 4 is 17.8 Å². The minimum absolute atomic E-state index is 0.0905. The second-order valence-electron chi connectivity index (χ2n) is 8.74. The zero-order valence-electron chi connectivity index (χ0n) is 21.7. The maximum Gasteiger partial charge on any atom is 0.308 e. The Morgan fingerprint density at radius 2 is 1.92 bits per heavy atom. The quantitative estimate of drug-likeness (QED) is 0.382. The number of rotatable bonds is 11. The Labute approximate surface area is 221 Å². The number of pyridine rings is 1. The topological polar surface area (TPSA) is 107 Å². The smallest absolute Gasteiger partial charge is 0.308 e. The third kappa shape index (κ3) is 5.94. The summed E-state index contributed by atoms with van der Waals surface area (Å²) in [5, 5.41) is 2.94. The fourth-order valence-corrected chi connectivity index (χ4v) is 4.50. The van der Waals surface area contributed by atoms with Crippen molar-refractivity contribution in [2.75, 3.05) is 20.3 Å². The van der Waals surface area contributed by atoms with Gasteiger partial charge in [0.1, 0.15) is 0 Å². The van der Waals surface area contributed by atoms with Crippen molar-refractivity contribution in [1.82, 2.24) is 15.2 Å². The highest BCUT2D eigenvalue weighted by Crippen LogP contribution is 2.32. The Morgan fingerprint density at radius 1 is 1.08 bits per heavy atom. The summed E-state index contributed by atoms with van der Waals surface area (Å²) in [5.41, 5.74) is 2.94. The highest BCUT2D eigenvalue weighted by molar-refractivity contribution is 6.09. The van der Waals surface area contributed by atoms with Gasteiger partial charge >= 0.3 is 5.97 Å². The minimum atomic E-state index is -0.718. The van der Waals surface area contributed by atoms with Crippen LogP contribution in [0.2, 0.25) is 0 Å². The van der Waals surface area contributed by atoms with Crippen LogP contribution in [0.25, 0.3) is 0 Å². The van der Waals surface area contributed by atoms with E-state index in [1.165, 1.54) is 7.11 Å². The summed E-state index contributed by atoms with van der Waals surface area (Å²) in [6.07, 6.45) is 3.31. The lowest BCUT2D eigenvalue weighted by Gasteiger charge is -2.21. The Morgan fingerprint density at radius 3 is 2.63 bits per heavy atom. The van der Waals surface area contributed by atoms with Gasteiger partial charge in [0.05, 0.1) is 43.9 Å². The molecule has 1 aliphatic rings. The van der Waals surface area contributed by atoms with E-state index in [4.69, 9.17) is 14.2 Å². The number of methoxy groups -OCH3 is 1. The number of aromatic nitrogens is 1. The highest BCUT2D eigenvalue weighted by atomic mass is 16.5. The van der Waals surface area contributed by atoms with E-state index in [1.807, 2.05) is 25.1 Å². The fraction of sp³-hybridized carbons (Fsp3) is 0.310. The molecule has 0 spiro atoms. The number of amides is 2. The van der Waals surface area contributed by atoms with Gasteiger partial charge in [-0.1, -0.05) is 24.3 Å². The average Bonchev–Trinajstić information content (AvgIpc) is 3.24. The van der Waals surface area contributed by atoms with E-state index in [-0.39, 0.29) is 24.5 Å². The zero-order valence-corrected chi connectivity index (χ0v) is 21.7. The van der Waals surface area contributed by atoms with Crippen LogP contribution in [0.4, 0.5) is 0 Å². The van der Waals surface area contributed by atoms with Gasteiger partial charge < -0.3 is 24.4 Å². The van der Waals surface area contributed by atoms with Gasteiger partial charge in [-0.15, -0.1) is 0 Å². The first kappa shape index (κ1) is 26.7. The minimum Gasteiger partial charge on any atom is -0.493 e. The standard InChI is InChI=1S/C29H31N3O6/c1-4-37-24-12-11-20(14-25(24)36-3)23(15-26(33)38-5-2)31-28(34)22-10-6-9-21-18-32(29(35)27(21)22)17-19-8-7-13-30-16-19/h6-14,16,23H,4-5,15,17-18H2,1-3H3,(H,31,34)/t23-/m1/s1. The lowest BCUT2D eigenvalue weighted by atomic mass is 9.99. The molecule has 2 heterocycles. The Balaban J connectivity index is 1.60. The summed E-state index contributed by atoms with van der Waals surface area (Å²) >= 11 is 0. The monoisotopic (exact) mass is 517 g/mol. The first-order chi connectivity index (χ1) is 18.4. The van der Waals surface area contributed by atoms with Crippen LogP contribution in [-0.4, -0.2) is 48.0 Å². The molecule has 1 aromatic heterocycles. The van der Waals surface area contributed by atoms with Crippen LogP contribution in [0, 0.1) is 0 Å². The summed E-state index contributed by atoms with van der Waals surface area (Å²) < 4.78 is 16.2. The van der Waals surface area contributed by atoms with E-state index >= 15 is 0 Å². The molecular weight excluding hydrogens is 486 g/mol. The van der Waals surface area contributed by atoms with E-state index in [9.17, 15) is 14.4 Å². The number of fused-ring (bicyclic) bond motifs is 1. The van der Waals surface area contributed by atoms with Crippen LogP contribution in [0.15, 0.2) is 60.9 Å². The number of nitrogens with zero attached hydrogens (tertiary/aromatic N) is 2. The third-order valence-corrected chi connectivity index (χ3v) is 6.23. The predicted octanol–water partition coefficient (Wildman–Crippen LogP) is 4.07. The van der Waals surface area contributed by atoms with Gasteiger partial charge in [0.2, 0.25) is 0 Å². The van der Waals surface area contributed by atoms with Crippen LogP contribution in [0.1, 0.15) is 63.7 Å². The summed E-state index contributed by atoms with van der Waals surface area (Å²) in [6, 6.07) is 13.5. The maximum absolute atomic E-state index is 13.6. The van der Waals surface area contributed by atoms with Crippen LogP contribution in [-0.2, 0) is 22.6 Å². The summed E-state index contributed by atoms with van der Waals surface area (Å²) in [7, 11) is 1.52. The van der Waals surface area contributed by atoms with Gasteiger partial charge in [0.25, 0.3) is 11.8 Å². The lowest BCUT2D eigenvalue weighted by Crippen LogP contribution is -2.32. The van der Waals surface area contributed by atoms with Gasteiger partial charge in [-0.3, -0.25) is 19.4 Å². The molecule has 0 saturated heterocycles. The SMILES string of the molecule is CCOC(=O)C[C@@H](NC(=O)c1cccc2c1C(=O)N(Cc1cccnc1)C2)c1ccc(OCC)c(OC)c1. The summed E-state index contributed by atoms with van der Waals surface area (Å²) in [5.74, 6) is -0.100. The summed E-state index contributed by atoms with van der Waals surface area (Å²) in [6.45, 7) is 5.06. The van der Waals surface area contributed by atoms with Crippen molar-refractivity contribution in [1.29, 1.82) is 0 Å². The molecule has 198 valence electrons. The van der Waals surface area contributed by atoms with E-state index < -0.39 is 17.9 Å². The highest BCUT2D eigenvalue weighted by Gasteiger charge is 2.32. The molecule has 0 aliphatic carbocycles. The molecule has 0 saturated carbocycles. The molecule has 0 unspecified atom stereocenters. The van der Waals surface area contributed by atoms with Crippen molar-refractivity contribution < 1.29 is 28.6 Å². The molecule has 1 aliphatic heterocycles. The summed E-state index contributed by atoms with van der Waals surface area (Å²) in [4.78, 5) is 45.1. The molecule has 38 heavy (non-hydrogen) atoms. The van der Waals surface area contributed by atoms with Crippen molar-refractivity contribution in [2.45, 2.75) is 39.4 Å². The number of carbonyl (C=O) groups is 3. The van der Waals surface area contributed by atoms with Crippen LogP contribution >= 0.6 is 0 Å². The zero-order chi connectivity index (χ0) is 27.1. The van der Waals surface area contributed by atoms with Gasteiger partial charge in [-0.05, 0) is 54.8 Å². The van der Waals surface area contributed by atoms with Crippen molar-refractivity contribution in [3.63, 3.8) is 0 Å². The molecule has 9 nitrogen and oxygen atoms in total. The second-order valence-corrected chi connectivity index (χ2v) is 8.74. The van der Waals surface area contributed by atoms with E-state index in [0.717, 1.165) is 11.1 Å². The first-order valence-electron chi connectivity index (χ1n) is 12.5. The molecule has 3 aromatic rings. The van der Waals surface area contributed by atoms with Crippen molar-refractivity contribution in [3.05, 3.63) is 88.7 Å². The number of hydrogen-bond acceptors (Lipinski definition) is 7. The lowest BCUT2D eigenvalue weighted by molar-refractivity contribution is -0.143. The number of ether oxygens (including phenoxy) is 3. The van der Waals surface area contributed by atoms with Gasteiger partial charge in [-0.25, -0.2) is 0 Å². The number of nitrogens with one attached hydrogen (secondary N) is 1. The van der Waals surface area contributed by atoms with Crippen LogP contribution in [0.3, 0.4) is 0 Å². The molecule has 9 heteroatoms. The maximum atomic E-state index is 13.6.